The molecule has 5 rings (SSSR count). The second kappa shape index (κ2) is 12.4. The second-order valence-corrected chi connectivity index (χ2v) is 10.1. The third kappa shape index (κ3) is 7.01. The van der Waals surface area contributed by atoms with E-state index in [9.17, 15) is 4.79 Å². The summed E-state index contributed by atoms with van der Waals surface area (Å²) in [5.74, 6) is 1.04. The van der Waals surface area contributed by atoms with Crippen molar-refractivity contribution in [1.29, 1.82) is 0 Å². The summed E-state index contributed by atoms with van der Waals surface area (Å²) in [5, 5.41) is 3.51. The number of ether oxygens (including phenoxy) is 2. The molecule has 2 fully saturated rings. The topological polar surface area (TPSA) is 66.9 Å². The zero-order valence-electron chi connectivity index (χ0n) is 20.8. The molecule has 1 amide bonds. The molecule has 2 saturated heterocycles. The largest absolute Gasteiger partial charge is 0.446 e. The van der Waals surface area contributed by atoms with Crippen LogP contribution in [0.15, 0.2) is 79.0 Å². The van der Waals surface area contributed by atoms with Crippen LogP contribution in [0.4, 0.5) is 16.3 Å². The Morgan fingerprint density at radius 1 is 1.03 bits per heavy atom. The lowest BCUT2D eigenvalue weighted by atomic mass is 9.96. The molecule has 0 spiro atoms. The fourth-order valence-electron chi connectivity index (χ4n) is 5.21. The standard InChI is InChI=1S/C29H33ClN4O3/c30-23-11-9-22(10-12-23)18-26-20-36-27(21-37-29(35)32-24-6-2-1-3-7-24)19-34(26)25-13-16-33(17-14-25)28-8-4-5-15-31-28/h1-12,15,25-27H,13-14,16-21H2,(H,32,35)/t26?,27-/m1/s1. The van der Waals surface area contributed by atoms with Gasteiger partial charge in [-0.25, -0.2) is 9.78 Å². The third-order valence-electron chi connectivity index (χ3n) is 7.12. The number of nitrogens with zero attached hydrogens (tertiary/aromatic N) is 3. The van der Waals surface area contributed by atoms with E-state index in [2.05, 4.69) is 38.3 Å². The van der Waals surface area contributed by atoms with E-state index in [4.69, 9.17) is 21.1 Å². The van der Waals surface area contributed by atoms with Crippen LogP contribution in [0, 0.1) is 0 Å². The predicted molar refractivity (Wildman–Crippen MR) is 146 cm³/mol. The molecule has 0 aliphatic carbocycles. The maximum absolute atomic E-state index is 12.3. The number of para-hydroxylation sites is 1. The van der Waals surface area contributed by atoms with Gasteiger partial charge in [-0.15, -0.1) is 0 Å². The molecule has 37 heavy (non-hydrogen) atoms. The van der Waals surface area contributed by atoms with Crippen molar-refractivity contribution < 1.29 is 14.3 Å². The summed E-state index contributed by atoms with van der Waals surface area (Å²) in [5.41, 5.74) is 1.95. The van der Waals surface area contributed by atoms with Crippen molar-refractivity contribution in [1.82, 2.24) is 9.88 Å². The number of benzene rings is 2. The van der Waals surface area contributed by atoms with Crippen molar-refractivity contribution in [2.45, 2.75) is 37.5 Å². The van der Waals surface area contributed by atoms with Gasteiger partial charge in [-0.2, -0.15) is 0 Å². The van der Waals surface area contributed by atoms with E-state index in [1.54, 1.807) is 0 Å². The van der Waals surface area contributed by atoms with Crippen molar-refractivity contribution in [3.8, 4) is 0 Å². The lowest BCUT2D eigenvalue weighted by Crippen LogP contribution is -2.58. The van der Waals surface area contributed by atoms with Crippen molar-refractivity contribution in [2.24, 2.45) is 0 Å². The number of rotatable bonds is 7. The van der Waals surface area contributed by atoms with Crippen LogP contribution in [0.2, 0.25) is 5.02 Å². The van der Waals surface area contributed by atoms with Gasteiger partial charge in [0.15, 0.2) is 0 Å². The van der Waals surface area contributed by atoms with Crippen LogP contribution in [0.1, 0.15) is 18.4 Å². The molecular weight excluding hydrogens is 488 g/mol. The highest BCUT2D eigenvalue weighted by molar-refractivity contribution is 6.30. The van der Waals surface area contributed by atoms with Gasteiger partial charge in [0.25, 0.3) is 0 Å². The minimum atomic E-state index is -0.465. The van der Waals surface area contributed by atoms with Crippen molar-refractivity contribution in [3.63, 3.8) is 0 Å². The number of morpholine rings is 1. The first-order chi connectivity index (χ1) is 18.1. The van der Waals surface area contributed by atoms with E-state index in [0.29, 0.717) is 18.3 Å². The first kappa shape index (κ1) is 25.5. The molecule has 2 aromatic carbocycles. The zero-order valence-corrected chi connectivity index (χ0v) is 21.6. The molecule has 0 saturated carbocycles. The second-order valence-electron chi connectivity index (χ2n) is 9.63. The minimum Gasteiger partial charge on any atom is -0.446 e. The van der Waals surface area contributed by atoms with Gasteiger partial charge in [0, 0.05) is 48.6 Å². The van der Waals surface area contributed by atoms with Crippen LogP contribution in [0.3, 0.4) is 0 Å². The zero-order chi connectivity index (χ0) is 25.5. The van der Waals surface area contributed by atoms with Crippen molar-refractivity contribution >= 4 is 29.2 Å². The summed E-state index contributed by atoms with van der Waals surface area (Å²) in [7, 11) is 0. The summed E-state index contributed by atoms with van der Waals surface area (Å²) in [6.45, 7) is 3.47. The molecule has 7 nitrogen and oxygen atoms in total. The number of pyridine rings is 1. The highest BCUT2D eigenvalue weighted by atomic mass is 35.5. The van der Waals surface area contributed by atoms with E-state index in [1.807, 2.05) is 60.8 Å². The Morgan fingerprint density at radius 3 is 2.51 bits per heavy atom. The van der Waals surface area contributed by atoms with Gasteiger partial charge in [0.05, 0.1) is 6.61 Å². The number of carbonyl (C=O) groups is 1. The molecular formula is C29H33ClN4O3. The monoisotopic (exact) mass is 520 g/mol. The highest BCUT2D eigenvalue weighted by Gasteiger charge is 2.36. The van der Waals surface area contributed by atoms with Gasteiger partial charge < -0.3 is 14.4 Å². The number of halogens is 1. The Bertz CT molecular complexity index is 1120. The van der Waals surface area contributed by atoms with Gasteiger partial charge in [-0.3, -0.25) is 10.2 Å². The molecule has 1 aromatic heterocycles. The molecule has 2 aliphatic heterocycles. The fourth-order valence-corrected chi connectivity index (χ4v) is 5.33. The van der Waals surface area contributed by atoms with Crippen LogP contribution in [-0.2, 0) is 15.9 Å². The Balaban J connectivity index is 1.21. The van der Waals surface area contributed by atoms with E-state index in [1.165, 1.54) is 5.56 Å². The Hall–Kier alpha value is -3.13. The third-order valence-corrected chi connectivity index (χ3v) is 7.37. The number of anilines is 2. The molecule has 2 aliphatic rings. The van der Waals surface area contributed by atoms with Crippen molar-refractivity contribution in [3.05, 3.63) is 89.6 Å². The number of carbonyl (C=O) groups excluding carboxylic acids is 1. The molecule has 1 unspecified atom stereocenters. The average molecular weight is 521 g/mol. The van der Waals surface area contributed by atoms with Gasteiger partial charge in [-0.05, 0) is 61.2 Å². The number of amides is 1. The molecule has 2 atom stereocenters. The van der Waals surface area contributed by atoms with Crippen LogP contribution in [0.25, 0.3) is 0 Å². The van der Waals surface area contributed by atoms with E-state index < -0.39 is 6.09 Å². The number of aromatic nitrogens is 1. The van der Waals surface area contributed by atoms with Gasteiger partial charge in [0.2, 0.25) is 0 Å². The molecule has 3 aromatic rings. The number of piperidine rings is 1. The van der Waals surface area contributed by atoms with Gasteiger partial charge in [0.1, 0.15) is 18.5 Å². The van der Waals surface area contributed by atoms with Crippen LogP contribution in [-0.4, -0.2) is 67.0 Å². The van der Waals surface area contributed by atoms with E-state index >= 15 is 0 Å². The Kier molecular flexibility index (Phi) is 8.56. The number of hydrogen-bond acceptors (Lipinski definition) is 6. The van der Waals surface area contributed by atoms with E-state index in [0.717, 1.165) is 49.7 Å². The van der Waals surface area contributed by atoms with Gasteiger partial charge >= 0.3 is 6.09 Å². The lowest BCUT2D eigenvalue weighted by molar-refractivity contribution is -0.0982. The normalized spacial score (nSPS) is 20.9. The fraction of sp³-hybridized carbons (Fsp3) is 0.379. The molecule has 0 radical (unpaired) electrons. The molecule has 1 N–H and O–H groups in total. The molecule has 194 valence electrons. The first-order valence-corrected chi connectivity index (χ1v) is 13.3. The smallest absolute Gasteiger partial charge is 0.411 e. The summed E-state index contributed by atoms with van der Waals surface area (Å²) >= 11 is 6.11. The minimum absolute atomic E-state index is 0.170. The molecule has 3 heterocycles. The maximum atomic E-state index is 12.3. The lowest BCUT2D eigenvalue weighted by Gasteiger charge is -2.46. The summed E-state index contributed by atoms with van der Waals surface area (Å²) in [4.78, 5) is 21.8. The predicted octanol–water partition coefficient (Wildman–Crippen LogP) is 5.26. The van der Waals surface area contributed by atoms with Crippen LogP contribution in [0.5, 0.6) is 0 Å². The number of nitrogens with one attached hydrogen (secondary N) is 1. The maximum Gasteiger partial charge on any atom is 0.411 e. The molecule has 0 bridgehead atoms. The summed E-state index contributed by atoms with van der Waals surface area (Å²) in [6, 6.07) is 24.1. The average Bonchev–Trinajstić information content (AvgIpc) is 2.95. The Morgan fingerprint density at radius 2 is 1.78 bits per heavy atom. The van der Waals surface area contributed by atoms with Crippen LogP contribution >= 0.6 is 11.6 Å². The quantitative estimate of drug-likeness (QED) is 0.458. The van der Waals surface area contributed by atoms with Crippen LogP contribution < -0.4 is 10.2 Å². The first-order valence-electron chi connectivity index (χ1n) is 12.9. The molecule has 8 heteroatoms. The van der Waals surface area contributed by atoms with Crippen molar-refractivity contribution in [2.75, 3.05) is 43.1 Å². The highest BCUT2D eigenvalue weighted by Crippen LogP contribution is 2.27. The van der Waals surface area contributed by atoms with E-state index in [-0.39, 0.29) is 18.8 Å². The Labute approximate surface area is 223 Å². The number of hydrogen-bond donors (Lipinski definition) is 1. The summed E-state index contributed by atoms with van der Waals surface area (Å²) in [6.07, 6.45) is 4.21. The van der Waals surface area contributed by atoms with Gasteiger partial charge in [-0.1, -0.05) is 48.0 Å². The SMILES string of the molecule is O=C(Nc1ccccc1)OC[C@H]1CN(C2CCN(c3ccccn3)CC2)C(Cc2ccc(Cl)cc2)CO1. The summed E-state index contributed by atoms with van der Waals surface area (Å²) < 4.78 is 11.7.